The van der Waals surface area contributed by atoms with E-state index in [1.165, 1.54) is 12.8 Å². The van der Waals surface area contributed by atoms with Crippen molar-refractivity contribution in [3.8, 4) is 0 Å². The van der Waals surface area contributed by atoms with Crippen LogP contribution in [0.5, 0.6) is 0 Å². The molecule has 0 amide bonds. The molecular formula is C18H28ClNO2. The lowest BCUT2D eigenvalue weighted by Gasteiger charge is -2.34. The minimum absolute atomic E-state index is 0.313. The maximum atomic E-state index is 10.5. The number of aliphatic hydroxyl groups excluding tert-OH is 2. The van der Waals surface area contributed by atoms with Gasteiger partial charge in [-0.05, 0) is 68.9 Å². The van der Waals surface area contributed by atoms with Crippen LogP contribution in [0.2, 0.25) is 5.02 Å². The quantitative estimate of drug-likeness (QED) is 0.717. The van der Waals surface area contributed by atoms with Crippen molar-refractivity contribution in [2.45, 2.75) is 44.6 Å². The molecule has 1 fully saturated rings. The number of halogens is 1. The standard InChI is InChI=1S/C18H28ClNO2/c19-17-7-5-15(6-8-17)18(22)16-9-12-20(13-10-16)11-3-1-2-4-14-21/h5-8,16,18,21-22H,1-4,9-14H2. The van der Waals surface area contributed by atoms with Gasteiger partial charge in [-0.3, -0.25) is 0 Å². The maximum Gasteiger partial charge on any atom is 0.0819 e. The van der Waals surface area contributed by atoms with Crippen molar-refractivity contribution >= 4 is 11.6 Å². The summed E-state index contributed by atoms with van der Waals surface area (Å²) in [5.41, 5.74) is 0.979. The molecule has 0 bridgehead atoms. The Bertz CT molecular complexity index is 416. The Morgan fingerprint density at radius 1 is 1.05 bits per heavy atom. The lowest BCUT2D eigenvalue weighted by molar-refractivity contribution is 0.0584. The van der Waals surface area contributed by atoms with Crippen molar-refractivity contribution in [3.63, 3.8) is 0 Å². The van der Waals surface area contributed by atoms with Gasteiger partial charge in [0, 0.05) is 11.6 Å². The second kappa shape index (κ2) is 9.51. The van der Waals surface area contributed by atoms with Crippen LogP contribution in [0.1, 0.15) is 50.2 Å². The van der Waals surface area contributed by atoms with Crippen molar-refractivity contribution in [1.29, 1.82) is 0 Å². The smallest absolute Gasteiger partial charge is 0.0819 e. The molecule has 0 aliphatic carbocycles. The van der Waals surface area contributed by atoms with Gasteiger partial charge in [-0.1, -0.05) is 36.6 Å². The van der Waals surface area contributed by atoms with E-state index in [1.54, 1.807) is 0 Å². The molecule has 1 aromatic carbocycles. The monoisotopic (exact) mass is 325 g/mol. The first-order valence-corrected chi connectivity index (χ1v) is 8.85. The Morgan fingerprint density at radius 2 is 1.68 bits per heavy atom. The van der Waals surface area contributed by atoms with Crippen LogP contribution >= 0.6 is 11.6 Å². The van der Waals surface area contributed by atoms with E-state index in [2.05, 4.69) is 4.90 Å². The van der Waals surface area contributed by atoms with Crippen LogP contribution in [0.15, 0.2) is 24.3 Å². The summed E-state index contributed by atoms with van der Waals surface area (Å²) in [5.74, 6) is 0.354. The number of likely N-dealkylation sites (tertiary alicyclic amines) is 1. The molecule has 1 saturated heterocycles. The average Bonchev–Trinajstić information content (AvgIpc) is 2.55. The number of piperidine rings is 1. The molecule has 0 aromatic heterocycles. The lowest BCUT2D eigenvalue weighted by Crippen LogP contribution is -2.36. The van der Waals surface area contributed by atoms with Gasteiger partial charge >= 0.3 is 0 Å². The molecule has 0 radical (unpaired) electrons. The topological polar surface area (TPSA) is 43.7 Å². The molecule has 2 rings (SSSR count). The third-order valence-electron chi connectivity index (χ3n) is 4.67. The van der Waals surface area contributed by atoms with Crippen molar-refractivity contribution < 1.29 is 10.2 Å². The molecule has 4 heteroatoms. The van der Waals surface area contributed by atoms with Crippen molar-refractivity contribution in [2.75, 3.05) is 26.2 Å². The highest BCUT2D eigenvalue weighted by Gasteiger charge is 2.25. The second-order valence-corrected chi connectivity index (χ2v) is 6.75. The van der Waals surface area contributed by atoms with Gasteiger partial charge in [0.1, 0.15) is 0 Å². The molecule has 0 spiro atoms. The van der Waals surface area contributed by atoms with Crippen LogP contribution < -0.4 is 0 Å². The zero-order chi connectivity index (χ0) is 15.8. The van der Waals surface area contributed by atoms with Crippen LogP contribution in [0.25, 0.3) is 0 Å². The summed E-state index contributed by atoms with van der Waals surface area (Å²) >= 11 is 5.90. The highest BCUT2D eigenvalue weighted by Crippen LogP contribution is 2.31. The molecule has 3 nitrogen and oxygen atoms in total. The molecule has 1 aliphatic heterocycles. The first kappa shape index (κ1) is 17.7. The molecule has 124 valence electrons. The van der Waals surface area contributed by atoms with Gasteiger partial charge in [0.05, 0.1) is 6.10 Å². The first-order valence-electron chi connectivity index (χ1n) is 8.47. The number of aliphatic hydroxyl groups is 2. The average molecular weight is 326 g/mol. The van der Waals surface area contributed by atoms with E-state index >= 15 is 0 Å². The van der Waals surface area contributed by atoms with Gasteiger partial charge in [-0.25, -0.2) is 0 Å². The summed E-state index contributed by atoms with van der Waals surface area (Å²) in [6, 6.07) is 7.56. The Balaban J connectivity index is 1.69. The summed E-state index contributed by atoms with van der Waals surface area (Å²) in [4.78, 5) is 2.50. The Kier molecular flexibility index (Phi) is 7.67. The van der Waals surface area contributed by atoms with Crippen LogP contribution in [0.3, 0.4) is 0 Å². The Morgan fingerprint density at radius 3 is 2.32 bits per heavy atom. The molecular weight excluding hydrogens is 298 g/mol. The largest absolute Gasteiger partial charge is 0.396 e. The van der Waals surface area contributed by atoms with Crippen molar-refractivity contribution in [2.24, 2.45) is 5.92 Å². The zero-order valence-electron chi connectivity index (χ0n) is 13.3. The summed E-state index contributed by atoms with van der Waals surface area (Å²) < 4.78 is 0. The highest BCUT2D eigenvalue weighted by atomic mass is 35.5. The van der Waals surface area contributed by atoms with Gasteiger partial charge in [-0.15, -0.1) is 0 Å². The summed E-state index contributed by atoms with van der Waals surface area (Å²) in [6.07, 6.45) is 6.21. The number of unbranched alkanes of at least 4 members (excludes halogenated alkanes) is 3. The van der Waals surface area contributed by atoms with Gasteiger partial charge in [0.2, 0.25) is 0 Å². The van der Waals surface area contributed by atoms with E-state index < -0.39 is 0 Å². The van der Waals surface area contributed by atoms with E-state index in [1.807, 2.05) is 24.3 Å². The summed E-state index contributed by atoms with van der Waals surface area (Å²) in [5, 5.41) is 20.0. The predicted octanol–water partition coefficient (Wildman–Crippen LogP) is 3.64. The fourth-order valence-corrected chi connectivity index (χ4v) is 3.35. The van der Waals surface area contributed by atoms with Gasteiger partial charge < -0.3 is 15.1 Å². The van der Waals surface area contributed by atoms with E-state index in [0.29, 0.717) is 17.5 Å². The molecule has 1 aliphatic rings. The fraction of sp³-hybridized carbons (Fsp3) is 0.667. The molecule has 1 aromatic rings. The normalized spacial score (nSPS) is 18.5. The molecule has 1 unspecified atom stereocenters. The lowest BCUT2D eigenvalue weighted by atomic mass is 9.87. The first-order chi connectivity index (χ1) is 10.7. The van der Waals surface area contributed by atoms with E-state index in [9.17, 15) is 5.11 Å². The van der Waals surface area contributed by atoms with Gasteiger partial charge in [0.25, 0.3) is 0 Å². The minimum Gasteiger partial charge on any atom is -0.396 e. The third-order valence-corrected chi connectivity index (χ3v) is 4.92. The van der Waals surface area contributed by atoms with Crippen LogP contribution in [-0.2, 0) is 0 Å². The number of hydrogen-bond acceptors (Lipinski definition) is 3. The van der Waals surface area contributed by atoms with Crippen LogP contribution in [-0.4, -0.2) is 41.4 Å². The van der Waals surface area contributed by atoms with Crippen LogP contribution in [0, 0.1) is 5.92 Å². The van der Waals surface area contributed by atoms with Crippen molar-refractivity contribution in [1.82, 2.24) is 4.90 Å². The number of benzene rings is 1. The highest BCUT2D eigenvalue weighted by molar-refractivity contribution is 6.30. The second-order valence-electron chi connectivity index (χ2n) is 6.31. The maximum absolute atomic E-state index is 10.5. The molecule has 2 N–H and O–H groups in total. The zero-order valence-corrected chi connectivity index (χ0v) is 14.0. The van der Waals surface area contributed by atoms with E-state index in [0.717, 1.165) is 50.9 Å². The Labute approximate surface area is 138 Å². The van der Waals surface area contributed by atoms with Crippen LogP contribution in [0.4, 0.5) is 0 Å². The number of rotatable bonds is 8. The van der Waals surface area contributed by atoms with E-state index in [-0.39, 0.29) is 6.10 Å². The third kappa shape index (κ3) is 5.54. The molecule has 1 heterocycles. The molecule has 22 heavy (non-hydrogen) atoms. The minimum atomic E-state index is -0.371. The summed E-state index contributed by atoms with van der Waals surface area (Å²) in [6.45, 7) is 3.62. The number of hydrogen-bond donors (Lipinski definition) is 2. The number of nitrogens with zero attached hydrogens (tertiary/aromatic N) is 1. The summed E-state index contributed by atoms with van der Waals surface area (Å²) in [7, 11) is 0. The fourth-order valence-electron chi connectivity index (χ4n) is 3.23. The van der Waals surface area contributed by atoms with E-state index in [4.69, 9.17) is 16.7 Å². The predicted molar refractivity (Wildman–Crippen MR) is 91.1 cm³/mol. The molecule has 1 atom stereocenters. The Hall–Kier alpha value is -0.610. The van der Waals surface area contributed by atoms with Gasteiger partial charge in [-0.2, -0.15) is 0 Å². The van der Waals surface area contributed by atoms with Crippen molar-refractivity contribution in [3.05, 3.63) is 34.9 Å². The van der Waals surface area contributed by atoms with Gasteiger partial charge in [0.15, 0.2) is 0 Å². The SMILES string of the molecule is OCCCCCCN1CCC(C(O)c2ccc(Cl)cc2)CC1. The molecule has 0 saturated carbocycles.